The molecule has 1 nitrogen and oxygen atoms in total. The second-order valence-corrected chi connectivity index (χ2v) is 5.02. The number of nitrogen functional groups attached to an aromatic ring is 1. The third-order valence-corrected chi connectivity index (χ3v) is 3.53. The lowest BCUT2D eigenvalue weighted by molar-refractivity contribution is 1.35. The Morgan fingerprint density at radius 1 is 0.571 bits per heavy atom. The third kappa shape index (κ3) is 4.22. The predicted molar refractivity (Wildman–Crippen MR) is 92.2 cm³/mol. The molecule has 0 spiro atoms. The van der Waals surface area contributed by atoms with Gasteiger partial charge in [-0.15, -0.1) is 0 Å². The molecule has 0 aliphatic carbocycles. The van der Waals surface area contributed by atoms with E-state index in [9.17, 15) is 0 Å². The van der Waals surface area contributed by atoms with Crippen molar-refractivity contribution in [1.29, 1.82) is 0 Å². The number of anilines is 1. The van der Waals surface area contributed by atoms with Crippen LogP contribution in [0.3, 0.4) is 0 Å². The molecule has 21 heavy (non-hydrogen) atoms. The Labute approximate surface area is 127 Å². The number of aryl methyl sites for hydroxylation is 1. The topological polar surface area (TPSA) is 26.0 Å². The van der Waals surface area contributed by atoms with E-state index in [1.807, 2.05) is 31.2 Å². The van der Waals surface area contributed by atoms with Gasteiger partial charge in [-0.05, 0) is 42.2 Å². The zero-order chi connectivity index (χ0) is 15.1. The van der Waals surface area contributed by atoms with Gasteiger partial charge in [0.25, 0.3) is 0 Å². The SMILES string of the molecule is Cc1cccc(N)c1C.c1ccc(-c2ccccc2)cc1. The third-order valence-electron chi connectivity index (χ3n) is 3.53. The van der Waals surface area contributed by atoms with Crippen molar-refractivity contribution in [3.05, 3.63) is 90.0 Å². The molecule has 0 fully saturated rings. The van der Waals surface area contributed by atoms with E-state index in [-0.39, 0.29) is 0 Å². The fourth-order valence-electron chi connectivity index (χ4n) is 2.03. The number of hydrogen-bond donors (Lipinski definition) is 1. The van der Waals surface area contributed by atoms with Gasteiger partial charge in [0.05, 0.1) is 0 Å². The molecule has 1 heteroatoms. The summed E-state index contributed by atoms with van der Waals surface area (Å²) in [4.78, 5) is 0. The van der Waals surface area contributed by atoms with Crippen molar-refractivity contribution in [2.45, 2.75) is 13.8 Å². The van der Waals surface area contributed by atoms with Crippen molar-refractivity contribution in [3.8, 4) is 11.1 Å². The van der Waals surface area contributed by atoms with E-state index in [0.717, 1.165) is 5.69 Å². The molecule has 106 valence electrons. The Hall–Kier alpha value is -2.54. The minimum absolute atomic E-state index is 0.884. The highest BCUT2D eigenvalue weighted by molar-refractivity contribution is 5.62. The van der Waals surface area contributed by atoms with E-state index in [1.54, 1.807) is 0 Å². The molecule has 0 bridgehead atoms. The summed E-state index contributed by atoms with van der Waals surface area (Å²) in [6.45, 7) is 4.09. The molecule has 0 aliphatic heterocycles. The number of rotatable bonds is 1. The van der Waals surface area contributed by atoms with E-state index in [2.05, 4.69) is 61.5 Å². The van der Waals surface area contributed by atoms with Gasteiger partial charge in [0, 0.05) is 5.69 Å². The van der Waals surface area contributed by atoms with Crippen molar-refractivity contribution in [1.82, 2.24) is 0 Å². The molecular formula is C20H21N. The first-order valence-electron chi connectivity index (χ1n) is 7.10. The van der Waals surface area contributed by atoms with Crippen LogP contribution in [0.25, 0.3) is 11.1 Å². The molecule has 3 aromatic carbocycles. The summed E-state index contributed by atoms with van der Waals surface area (Å²) in [5.74, 6) is 0. The number of nitrogens with two attached hydrogens (primary N) is 1. The highest BCUT2D eigenvalue weighted by Crippen LogP contribution is 2.17. The molecular weight excluding hydrogens is 254 g/mol. The molecule has 0 saturated carbocycles. The van der Waals surface area contributed by atoms with E-state index in [1.165, 1.54) is 22.3 Å². The summed E-state index contributed by atoms with van der Waals surface area (Å²) in [5, 5.41) is 0. The highest BCUT2D eigenvalue weighted by Gasteiger charge is 1.93. The van der Waals surface area contributed by atoms with Crippen molar-refractivity contribution in [2.75, 3.05) is 5.73 Å². The quantitative estimate of drug-likeness (QED) is 0.604. The average molecular weight is 275 g/mol. The fourth-order valence-corrected chi connectivity index (χ4v) is 2.03. The van der Waals surface area contributed by atoms with Gasteiger partial charge in [0.15, 0.2) is 0 Å². The summed E-state index contributed by atoms with van der Waals surface area (Å²) in [7, 11) is 0. The lowest BCUT2D eigenvalue weighted by Crippen LogP contribution is -1.90. The van der Waals surface area contributed by atoms with Crippen LogP contribution in [0.4, 0.5) is 5.69 Å². The lowest BCUT2D eigenvalue weighted by atomic mass is 10.1. The first kappa shape index (κ1) is 14.9. The normalized spacial score (nSPS) is 9.62. The Morgan fingerprint density at radius 3 is 1.43 bits per heavy atom. The maximum atomic E-state index is 5.62. The number of hydrogen-bond acceptors (Lipinski definition) is 1. The van der Waals surface area contributed by atoms with Crippen LogP contribution in [0.15, 0.2) is 78.9 Å². The van der Waals surface area contributed by atoms with Crippen molar-refractivity contribution in [3.63, 3.8) is 0 Å². The maximum absolute atomic E-state index is 5.62. The zero-order valence-corrected chi connectivity index (χ0v) is 12.6. The van der Waals surface area contributed by atoms with E-state index in [4.69, 9.17) is 5.73 Å². The van der Waals surface area contributed by atoms with Crippen LogP contribution in [-0.2, 0) is 0 Å². The van der Waals surface area contributed by atoms with Crippen LogP contribution >= 0.6 is 0 Å². The summed E-state index contributed by atoms with van der Waals surface area (Å²) in [6, 6.07) is 26.7. The molecule has 3 rings (SSSR count). The Kier molecular flexibility index (Phi) is 5.16. The van der Waals surface area contributed by atoms with Crippen molar-refractivity contribution in [2.24, 2.45) is 0 Å². The molecule has 0 saturated heterocycles. The van der Waals surface area contributed by atoms with Gasteiger partial charge >= 0.3 is 0 Å². The summed E-state index contributed by atoms with van der Waals surface area (Å²) >= 11 is 0. The van der Waals surface area contributed by atoms with Gasteiger partial charge in [0.1, 0.15) is 0 Å². The van der Waals surface area contributed by atoms with Gasteiger partial charge in [-0.25, -0.2) is 0 Å². The standard InChI is InChI=1S/C12H10.C8H11N/c1-3-7-11(8-4-1)12-9-5-2-6-10-12;1-6-4-3-5-8(9)7(6)2/h1-10H;3-5H,9H2,1-2H3. The maximum Gasteiger partial charge on any atom is 0.0346 e. The van der Waals surface area contributed by atoms with Gasteiger partial charge in [-0.3, -0.25) is 0 Å². The average Bonchev–Trinajstić information content (AvgIpc) is 2.55. The minimum Gasteiger partial charge on any atom is -0.399 e. The largest absolute Gasteiger partial charge is 0.399 e. The van der Waals surface area contributed by atoms with Crippen LogP contribution in [0.1, 0.15) is 11.1 Å². The fraction of sp³-hybridized carbons (Fsp3) is 0.100. The first-order chi connectivity index (χ1) is 10.2. The van der Waals surface area contributed by atoms with Crippen molar-refractivity contribution < 1.29 is 0 Å². The predicted octanol–water partition coefficient (Wildman–Crippen LogP) is 5.24. The van der Waals surface area contributed by atoms with E-state index >= 15 is 0 Å². The van der Waals surface area contributed by atoms with Crippen LogP contribution in [0.5, 0.6) is 0 Å². The first-order valence-corrected chi connectivity index (χ1v) is 7.10. The molecule has 0 aromatic heterocycles. The van der Waals surface area contributed by atoms with Crippen LogP contribution in [0.2, 0.25) is 0 Å². The molecule has 3 aromatic rings. The van der Waals surface area contributed by atoms with Gasteiger partial charge in [-0.2, -0.15) is 0 Å². The highest BCUT2D eigenvalue weighted by atomic mass is 14.5. The summed E-state index contributed by atoms with van der Waals surface area (Å²) in [5.41, 5.74) is 11.5. The molecule has 0 unspecified atom stereocenters. The molecule has 0 radical (unpaired) electrons. The lowest BCUT2D eigenvalue weighted by Gasteiger charge is -2.00. The monoisotopic (exact) mass is 275 g/mol. The minimum atomic E-state index is 0.884. The van der Waals surface area contributed by atoms with E-state index in [0.29, 0.717) is 0 Å². The zero-order valence-electron chi connectivity index (χ0n) is 12.6. The molecule has 0 atom stereocenters. The van der Waals surface area contributed by atoms with Crippen molar-refractivity contribution >= 4 is 5.69 Å². The molecule has 0 aliphatic rings. The Balaban J connectivity index is 0.000000161. The Morgan fingerprint density at radius 2 is 1.05 bits per heavy atom. The molecule has 0 amide bonds. The van der Waals surface area contributed by atoms with Crippen LogP contribution in [-0.4, -0.2) is 0 Å². The van der Waals surface area contributed by atoms with Gasteiger partial charge in [-0.1, -0.05) is 72.8 Å². The Bertz CT molecular complexity index is 615. The summed E-state index contributed by atoms with van der Waals surface area (Å²) in [6.07, 6.45) is 0. The molecule has 0 heterocycles. The number of benzene rings is 3. The van der Waals surface area contributed by atoms with Crippen LogP contribution < -0.4 is 5.73 Å². The van der Waals surface area contributed by atoms with Gasteiger partial charge < -0.3 is 5.73 Å². The van der Waals surface area contributed by atoms with Gasteiger partial charge in [0.2, 0.25) is 0 Å². The second kappa shape index (κ2) is 7.30. The second-order valence-electron chi connectivity index (χ2n) is 5.02. The smallest absolute Gasteiger partial charge is 0.0346 e. The summed E-state index contributed by atoms with van der Waals surface area (Å²) < 4.78 is 0. The van der Waals surface area contributed by atoms with Crippen LogP contribution in [0, 0.1) is 13.8 Å². The molecule has 2 N–H and O–H groups in total. The van der Waals surface area contributed by atoms with E-state index < -0.39 is 0 Å².